The Morgan fingerprint density at radius 1 is 0.932 bits per heavy atom. The summed E-state index contributed by atoms with van der Waals surface area (Å²) in [7, 11) is 1.40. The lowest BCUT2D eigenvalue weighted by Gasteiger charge is -2.65. The van der Waals surface area contributed by atoms with Gasteiger partial charge in [-0.2, -0.15) is 0 Å². The van der Waals surface area contributed by atoms with Gasteiger partial charge in [0.25, 0.3) is 0 Å². The second-order valence-electron chi connectivity index (χ2n) is 15.4. The van der Waals surface area contributed by atoms with E-state index in [0.717, 1.165) is 63.7 Å². The quantitative estimate of drug-likeness (QED) is 0.437. The van der Waals surface area contributed by atoms with E-state index in [-0.39, 0.29) is 40.1 Å². The van der Waals surface area contributed by atoms with E-state index in [9.17, 15) is 14.4 Å². The molecule has 2 aliphatic heterocycles. The highest BCUT2D eigenvalue weighted by atomic mass is 19.1. The molecule has 4 aliphatic carbocycles. The first-order valence-corrected chi connectivity index (χ1v) is 16.7. The van der Waals surface area contributed by atoms with Gasteiger partial charge in [0, 0.05) is 57.8 Å². The van der Waals surface area contributed by atoms with Gasteiger partial charge < -0.3 is 25.2 Å². The van der Waals surface area contributed by atoms with Gasteiger partial charge in [-0.05, 0) is 98.1 Å². The van der Waals surface area contributed by atoms with Crippen LogP contribution in [0.5, 0.6) is 0 Å². The maximum Gasteiger partial charge on any atom is 0.409 e. The smallest absolute Gasteiger partial charge is 0.409 e. The molecule has 1 aromatic rings. The lowest BCUT2D eigenvalue weighted by molar-refractivity contribution is -0.132. The Morgan fingerprint density at radius 2 is 1.66 bits per heavy atom. The van der Waals surface area contributed by atoms with Crippen LogP contribution in [0.4, 0.5) is 19.7 Å². The van der Waals surface area contributed by atoms with Crippen molar-refractivity contribution in [2.24, 2.45) is 22.7 Å². The van der Waals surface area contributed by atoms with Crippen molar-refractivity contribution in [1.82, 2.24) is 20.0 Å². The zero-order valence-corrected chi connectivity index (χ0v) is 26.8. The number of halogens is 1. The van der Waals surface area contributed by atoms with Gasteiger partial charge in [-0.3, -0.25) is 9.69 Å². The van der Waals surface area contributed by atoms with Crippen LogP contribution in [0.25, 0.3) is 0 Å². The van der Waals surface area contributed by atoms with Gasteiger partial charge in [-0.1, -0.05) is 19.9 Å². The Hall–Kier alpha value is -2.88. The number of methoxy groups -OCH3 is 1. The fourth-order valence-electron chi connectivity index (χ4n) is 10.2. The predicted octanol–water partition coefficient (Wildman–Crippen LogP) is 5.60. The highest BCUT2D eigenvalue weighted by Gasteiger charge is 2.60. The monoisotopic (exact) mass is 611 g/mol. The summed E-state index contributed by atoms with van der Waals surface area (Å²) in [5.41, 5.74) is 1.45. The molecule has 1 aromatic carbocycles. The van der Waals surface area contributed by atoms with Gasteiger partial charge in [0.2, 0.25) is 5.91 Å². The molecule has 6 aliphatic rings. The number of carbonyl (C=O) groups excluding carboxylic acids is 3. The molecule has 4 saturated carbocycles. The van der Waals surface area contributed by atoms with E-state index < -0.39 is 5.82 Å². The van der Waals surface area contributed by atoms with Crippen molar-refractivity contribution in [3.63, 3.8) is 0 Å². The molecule has 4 atom stereocenters. The fourth-order valence-corrected chi connectivity index (χ4v) is 10.2. The molecular weight excluding hydrogens is 561 g/mol. The van der Waals surface area contributed by atoms with Crippen molar-refractivity contribution in [1.29, 1.82) is 0 Å². The molecule has 242 valence electrons. The summed E-state index contributed by atoms with van der Waals surface area (Å²) in [6.45, 7) is 9.57. The molecule has 2 unspecified atom stereocenters. The van der Waals surface area contributed by atoms with E-state index in [1.54, 1.807) is 11.0 Å². The van der Waals surface area contributed by atoms with E-state index >= 15 is 4.39 Å². The molecule has 4 amide bonds. The summed E-state index contributed by atoms with van der Waals surface area (Å²) in [4.78, 5) is 43.9. The second-order valence-corrected chi connectivity index (χ2v) is 15.4. The maximum absolute atomic E-state index is 15.2. The molecule has 4 bridgehead atoms. The molecule has 9 nitrogen and oxygen atoms in total. The molecule has 2 N–H and O–H groups in total. The largest absolute Gasteiger partial charge is 0.453 e. The Morgan fingerprint density at radius 3 is 2.32 bits per heavy atom. The van der Waals surface area contributed by atoms with E-state index in [4.69, 9.17) is 4.74 Å². The van der Waals surface area contributed by atoms with Gasteiger partial charge >= 0.3 is 12.1 Å². The average molecular weight is 612 g/mol. The molecule has 0 aromatic heterocycles. The number of hydrogen-bond acceptors (Lipinski definition) is 5. The number of ether oxygens (including phenoxy) is 1. The first kappa shape index (κ1) is 31.1. The molecule has 0 radical (unpaired) electrons. The number of benzene rings is 1. The standard InChI is InChI=1S/C34H50FN5O4/c1-32-17-26-18-33(2,21-32)23-34(19-26,22-32)37-30(42)36-28-6-5-25(15-27(28)35)20-38-9-4-10-39(14-13-38)29(41)16-24-7-11-40(12-8-24)31(43)44-3/h5-6,15,24,26H,4,7-14,16-23H2,1-3H3,(H2,36,37,42)/t26?,32-,33+,34?. The van der Waals surface area contributed by atoms with Gasteiger partial charge in [-0.15, -0.1) is 0 Å². The van der Waals surface area contributed by atoms with Gasteiger partial charge in [0.15, 0.2) is 0 Å². The highest BCUT2D eigenvalue weighted by molar-refractivity contribution is 5.90. The molecule has 2 saturated heterocycles. The van der Waals surface area contributed by atoms with Crippen molar-refractivity contribution in [2.75, 3.05) is 51.7 Å². The second kappa shape index (κ2) is 12.1. The minimum atomic E-state index is -0.424. The van der Waals surface area contributed by atoms with Crippen LogP contribution in [0.2, 0.25) is 0 Å². The van der Waals surface area contributed by atoms with Crippen molar-refractivity contribution in [3.05, 3.63) is 29.6 Å². The first-order chi connectivity index (χ1) is 20.9. The summed E-state index contributed by atoms with van der Waals surface area (Å²) in [5.74, 6) is 0.713. The Labute approximate surface area is 261 Å². The number of nitrogens with one attached hydrogen (secondary N) is 2. The number of urea groups is 1. The zero-order valence-electron chi connectivity index (χ0n) is 26.8. The normalized spacial score (nSPS) is 32.3. The number of hydrogen-bond donors (Lipinski definition) is 2. The molecule has 44 heavy (non-hydrogen) atoms. The summed E-state index contributed by atoms with van der Waals surface area (Å²) in [6, 6.07) is 4.78. The predicted molar refractivity (Wildman–Crippen MR) is 166 cm³/mol. The average Bonchev–Trinajstić information content (AvgIpc) is 3.18. The van der Waals surface area contributed by atoms with Crippen LogP contribution in [0, 0.1) is 28.5 Å². The highest BCUT2D eigenvalue weighted by Crippen LogP contribution is 2.66. The Bertz CT molecular complexity index is 1250. The number of likely N-dealkylation sites (tertiary alicyclic amines) is 1. The zero-order chi connectivity index (χ0) is 31.1. The third-order valence-corrected chi connectivity index (χ3v) is 11.1. The van der Waals surface area contributed by atoms with Crippen molar-refractivity contribution < 1.29 is 23.5 Å². The molecule has 10 heteroatoms. The van der Waals surface area contributed by atoms with Crippen LogP contribution >= 0.6 is 0 Å². The SMILES string of the molecule is COC(=O)N1CCC(CC(=O)N2CCCN(Cc3ccc(NC(=O)NC45CC6C[C@@](C)(C4)C[C@](C)(C6)C5)c(F)c3)CC2)CC1. The van der Waals surface area contributed by atoms with Crippen LogP contribution in [0.1, 0.15) is 83.6 Å². The first-order valence-electron chi connectivity index (χ1n) is 16.7. The molecule has 6 fully saturated rings. The molecule has 7 rings (SSSR count). The number of piperidine rings is 1. The summed E-state index contributed by atoms with van der Waals surface area (Å²) < 4.78 is 20.0. The van der Waals surface area contributed by atoms with Crippen LogP contribution in [-0.4, -0.2) is 84.6 Å². The fraction of sp³-hybridized carbons (Fsp3) is 0.735. The van der Waals surface area contributed by atoms with Gasteiger partial charge in [0.1, 0.15) is 5.82 Å². The van der Waals surface area contributed by atoms with Crippen LogP contribution in [0.3, 0.4) is 0 Å². The third-order valence-electron chi connectivity index (χ3n) is 11.1. The van der Waals surface area contributed by atoms with Gasteiger partial charge in [-0.25, -0.2) is 14.0 Å². The number of anilines is 1. The number of rotatable bonds is 6. The number of carbonyl (C=O) groups is 3. The summed E-state index contributed by atoms with van der Waals surface area (Å²) in [6.07, 6.45) is 9.53. The van der Waals surface area contributed by atoms with E-state index in [1.165, 1.54) is 32.4 Å². The maximum atomic E-state index is 15.2. The van der Waals surface area contributed by atoms with Crippen LogP contribution in [-0.2, 0) is 16.1 Å². The van der Waals surface area contributed by atoms with E-state index in [1.807, 2.05) is 11.0 Å². The minimum absolute atomic E-state index is 0.180. The topological polar surface area (TPSA) is 94.2 Å². The number of amides is 4. The Kier molecular flexibility index (Phi) is 8.58. The number of nitrogens with zero attached hydrogens (tertiary/aromatic N) is 3. The summed E-state index contributed by atoms with van der Waals surface area (Å²) in [5, 5.41) is 6.11. The molecular formula is C34H50FN5O4. The summed E-state index contributed by atoms with van der Waals surface area (Å²) >= 11 is 0. The molecule has 0 spiro atoms. The van der Waals surface area contributed by atoms with Crippen LogP contribution < -0.4 is 10.6 Å². The van der Waals surface area contributed by atoms with Crippen LogP contribution in [0.15, 0.2) is 18.2 Å². The lowest BCUT2D eigenvalue weighted by atomic mass is 9.43. The van der Waals surface area contributed by atoms with E-state index in [2.05, 4.69) is 29.4 Å². The Balaban J connectivity index is 0.970. The minimum Gasteiger partial charge on any atom is -0.453 e. The van der Waals surface area contributed by atoms with Gasteiger partial charge in [0.05, 0.1) is 12.8 Å². The third kappa shape index (κ3) is 6.85. The van der Waals surface area contributed by atoms with E-state index in [0.29, 0.717) is 44.4 Å². The van der Waals surface area contributed by atoms with Crippen molar-refractivity contribution in [3.8, 4) is 0 Å². The molecule has 2 heterocycles. The van der Waals surface area contributed by atoms with Crippen molar-refractivity contribution in [2.45, 2.75) is 90.1 Å². The lowest BCUT2D eigenvalue weighted by Crippen LogP contribution is -2.65. The van der Waals surface area contributed by atoms with Crippen molar-refractivity contribution >= 4 is 23.7 Å².